The monoisotopic (exact) mass is 1240 g/mol. The summed E-state index contributed by atoms with van der Waals surface area (Å²) < 4.78 is 63.2. The van der Waals surface area contributed by atoms with Gasteiger partial charge in [0.15, 0.2) is 31.5 Å². The fourth-order valence-electron chi connectivity index (χ4n) is 10.7. The molecule has 0 aromatic carbocycles. The second kappa shape index (κ2) is 30.2. The molecule has 0 aromatic heterocycles. The van der Waals surface area contributed by atoms with Crippen LogP contribution in [0.25, 0.3) is 0 Å². The molecule has 6 aliphatic heterocycles. The van der Waals surface area contributed by atoms with E-state index in [4.69, 9.17) is 52.1 Å². The quantitative estimate of drug-likeness (QED) is 0.0452. The molecule has 38 nitrogen and oxygen atoms in total. The normalized spacial score (nSPS) is 45.0. The van der Waals surface area contributed by atoms with E-state index in [1.807, 2.05) is 0 Å². The molecule has 4 amide bonds. The predicted molar refractivity (Wildman–Crippen MR) is 263 cm³/mol. The van der Waals surface area contributed by atoms with Crippen molar-refractivity contribution in [3.05, 3.63) is 0 Å². The van der Waals surface area contributed by atoms with E-state index < -0.39 is 265 Å². The van der Waals surface area contributed by atoms with Gasteiger partial charge in [-0.15, -0.1) is 0 Å². The molecule has 490 valence electrons. The lowest BCUT2D eigenvalue weighted by Crippen LogP contribution is -2.71. The Balaban J connectivity index is 1.22. The Hall–Kier alpha value is -3.77. The highest BCUT2D eigenvalue weighted by molar-refractivity contribution is 5.77. The molecule has 0 aliphatic carbocycles. The van der Waals surface area contributed by atoms with Crippen molar-refractivity contribution in [2.45, 2.75) is 224 Å². The van der Waals surface area contributed by atoms with E-state index in [1.54, 1.807) is 0 Å². The highest BCUT2D eigenvalue weighted by Gasteiger charge is 2.61. The van der Waals surface area contributed by atoms with E-state index in [0.29, 0.717) is 0 Å². The van der Waals surface area contributed by atoms with Gasteiger partial charge < -0.3 is 165 Å². The van der Waals surface area contributed by atoms with E-state index in [0.717, 1.165) is 27.7 Å². The molecule has 31 atom stereocenters. The number of amides is 4. The van der Waals surface area contributed by atoms with E-state index in [1.165, 1.54) is 0 Å². The molecule has 0 radical (unpaired) electrons. The predicted octanol–water partition coefficient (Wildman–Crippen LogP) is -14.3. The third kappa shape index (κ3) is 15.8. The zero-order valence-corrected chi connectivity index (χ0v) is 45.9. The number of aliphatic carboxylic acids is 1. The lowest BCUT2D eigenvalue weighted by atomic mass is 9.88. The van der Waals surface area contributed by atoms with Crippen LogP contribution in [0.4, 0.5) is 0 Å². The molecule has 85 heavy (non-hydrogen) atoms. The summed E-state index contributed by atoms with van der Waals surface area (Å²) in [6.07, 6.45) is -53.1. The molecule has 6 rings (SSSR count). The maximum atomic E-state index is 13.1. The number of carboxylic acid groups (broad SMARTS) is 1. The number of hydrogen-bond acceptors (Lipinski definition) is 33. The van der Waals surface area contributed by atoms with Gasteiger partial charge in [0.1, 0.15) is 140 Å². The summed E-state index contributed by atoms with van der Waals surface area (Å²) in [5.74, 6) is -8.63. The van der Waals surface area contributed by atoms with E-state index >= 15 is 0 Å². The van der Waals surface area contributed by atoms with Crippen LogP contribution in [0.5, 0.6) is 0 Å². The SMILES string of the molecule is CC(=O)N[C@H]1[C@H](OC[C@H]2OC(O)[C@H](NC(C)=O)[C@@H](O[C@@H]3O[C@H](CO)[C@H](O)[C@H](O[C@]4(C(=O)O)C[C@H](O)[C@@H](NC(C)=O)[C@H]([C@H](O)[C@H](O)CO)O4)[C@H]3O)[C@H]2O)O[C@H](CO)[C@@H](O[C@@H]2O[C@H](CO)[C@H](O)[C@H](O[C@@H]3O[C@H](CO)[C@@H](O)[C@H](O)[C@H]3NC(C)=O)[C@H]2O)[C@@H]1O. The standard InChI is InChI=1S/C47H78N4O34/c1-12(57)48-23-16(61)5-47(46(73)74,84-38(23)27(63)17(62)6-52)85-40-30(66)20(9-55)79-45(35(40)71)82-37-26(51-15(4)60)41(72)76-22(31(37)67)11-75-42-25(50-14(3)59)33(69)36(21(10-56)80-42)81-44-34(70)39(29(65)19(8-54)78-44)83-43-24(49-13(2)58)32(68)28(64)18(7-53)77-43/h16-45,52-56,61-72H,5-11H2,1-4H3,(H,48,57)(H,49,58)(H,50,59)(H,51,60)(H,73,74)/t16-,17+,18+,19+,20+,21+,22+,23+,24+,25+,26+,27+,28+,29-,30-,31-,32+,33+,34+,35+,36+,37+,38+,39-,40-,41?,42+,43-,44-,45-,47-/m0/s1. The Bertz CT molecular complexity index is 2220. The van der Waals surface area contributed by atoms with Crippen LogP contribution in [-0.2, 0) is 76.1 Å². The van der Waals surface area contributed by atoms with Crippen molar-refractivity contribution in [2.75, 3.05) is 39.6 Å². The van der Waals surface area contributed by atoms with Crippen LogP contribution in [0.1, 0.15) is 34.1 Å². The molecular formula is C47H78N4O34. The molecule has 0 aromatic rings. The Labute approximate surface area is 481 Å². The Morgan fingerprint density at radius 1 is 0.482 bits per heavy atom. The van der Waals surface area contributed by atoms with Gasteiger partial charge in [0.05, 0.1) is 51.8 Å². The van der Waals surface area contributed by atoms with Crippen LogP contribution in [0, 0.1) is 0 Å². The van der Waals surface area contributed by atoms with Crippen LogP contribution in [0.3, 0.4) is 0 Å². The van der Waals surface area contributed by atoms with Crippen LogP contribution < -0.4 is 21.3 Å². The van der Waals surface area contributed by atoms with Crippen LogP contribution in [-0.4, -0.2) is 351 Å². The molecule has 6 aliphatic rings. The second-order valence-electron chi connectivity index (χ2n) is 21.2. The number of aliphatic hydroxyl groups is 17. The van der Waals surface area contributed by atoms with Crippen molar-refractivity contribution >= 4 is 29.6 Å². The average Bonchev–Trinajstić information content (AvgIpc) is 2.56. The number of carbonyl (C=O) groups is 5. The molecule has 6 fully saturated rings. The molecule has 38 heteroatoms. The first-order valence-corrected chi connectivity index (χ1v) is 26.7. The summed E-state index contributed by atoms with van der Waals surface area (Å²) in [6, 6.07) is -6.83. The number of nitrogens with one attached hydrogen (secondary N) is 4. The van der Waals surface area contributed by atoms with Gasteiger partial charge in [-0.2, -0.15) is 0 Å². The summed E-state index contributed by atoms with van der Waals surface area (Å²) in [6.45, 7) is -2.16. The number of rotatable bonds is 23. The first-order valence-electron chi connectivity index (χ1n) is 26.7. The topological polar surface area (TPSA) is 599 Å². The number of ether oxygens (including phenoxy) is 11. The molecule has 0 spiro atoms. The van der Waals surface area contributed by atoms with Crippen molar-refractivity contribution < 1.29 is 168 Å². The van der Waals surface area contributed by atoms with Gasteiger partial charge in [0, 0.05) is 34.1 Å². The van der Waals surface area contributed by atoms with Crippen LogP contribution in [0.2, 0.25) is 0 Å². The van der Waals surface area contributed by atoms with Gasteiger partial charge in [-0.1, -0.05) is 0 Å². The van der Waals surface area contributed by atoms with Crippen molar-refractivity contribution in [2.24, 2.45) is 0 Å². The molecule has 6 saturated heterocycles. The lowest BCUT2D eigenvalue weighted by Gasteiger charge is -2.51. The van der Waals surface area contributed by atoms with Crippen molar-refractivity contribution in [3.8, 4) is 0 Å². The maximum absolute atomic E-state index is 13.1. The lowest BCUT2D eigenvalue weighted by molar-refractivity contribution is -0.382. The van der Waals surface area contributed by atoms with Gasteiger partial charge >= 0.3 is 5.97 Å². The van der Waals surface area contributed by atoms with Crippen LogP contribution >= 0.6 is 0 Å². The highest BCUT2D eigenvalue weighted by atomic mass is 16.8. The molecule has 6 heterocycles. The third-order valence-corrected chi connectivity index (χ3v) is 15.0. The second-order valence-corrected chi connectivity index (χ2v) is 21.2. The van der Waals surface area contributed by atoms with Gasteiger partial charge in [-0.3, -0.25) is 19.2 Å². The van der Waals surface area contributed by atoms with Crippen molar-refractivity contribution in [3.63, 3.8) is 0 Å². The van der Waals surface area contributed by atoms with Crippen LogP contribution in [0.15, 0.2) is 0 Å². The van der Waals surface area contributed by atoms with Gasteiger partial charge in [-0.05, 0) is 0 Å². The minimum Gasteiger partial charge on any atom is -0.477 e. The van der Waals surface area contributed by atoms with Crippen molar-refractivity contribution in [1.82, 2.24) is 21.3 Å². The van der Waals surface area contributed by atoms with E-state index in [-0.39, 0.29) is 0 Å². The third-order valence-electron chi connectivity index (χ3n) is 15.0. The number of carbonyl (C=O) groups excluding carboxylic acids is 4. The average molecular weight is 1240 g/mol. The number of hydrogen-bond donors (Lipinski definition) is 22. The molecule has 1 unspecified atom stereocenters. The summed E-state index contributed by atoms with van der Waals surface area (Å²) in [5, 5.41) is 205. The minimum absolute atomic E-state index is 0.759. The summed E-state index contributed by atoms with van der Waals surface area (Å²) in [5.41, 5.74) is 0. The smallest absolute Gasteiger partial charge is 0.364 e. The minimum atomic E-state index is -3.21. The molecule has 0 bridgehead atoms. The Morgan fingerprint density at radius 3 is 1.44 bits per heavy atom. The summed E-state index contributed by atoms with van der Waals surface area (Å²) in [7, 11) is 0. The molecule has 0 saturated carbocycles. The van der Waals surface area contributed by atoms with Gasteiger partial charge in [0.2, 0.25) is 23.6 Å². The first-order chi connectivity index (χ1) is 40.0. The van der Waals surface area contributed by atoms with Gasteiger partial charge in [0.25, 0.3) is 5.79 Å². The van der Waals surface area contributed by atoms with E-state index in [2.05, 4.69) is 21.3 Å². The zero-order chi connectivity index (χ0) is 63.3. The number of carboxylic acids is 1. The fraction of sp³-hybridized carbons (Fsp3) is 0.894. The highest BCUT2D eigenvalue weighted by Crippen LogP contribution is 2.39. The first kappa shape index (κ1) is 70.3. The molecular weight excluding hydrogens is 1160 g/mol. The van der Waals surface area contributed by atoms with E-state index in [9.17, 15) is 116 Å². The fourth-order valence-corrected chi connectivity index (χ4v) is 10.7. The molecule has 22 N–H and O–H groups in total. The largest absolute Gasteiger partial charge is 0.477 e. The number of aliphatic hydroxyl groups excluding tert-OH is 17. The summed E-state index contributed by atoms with van der Waals surface area (Å²) >= 11 is 0. The Kier molecular flexibility index (Phi) is 24.9. The van der Waals surface area contributed by atoms with Gasteiger partial charge in [-0.25, -0.2) is 4.79 Å². The summed E-state index contributed by atoms with van der Waals surface area (Å²) in [4.78, 5) is 62.3. The maximum Gasteiger partial charge on any atom is 0.364 e. The Morgan fingerprint density at radius 2 is 0.918 bits per heavy atom. The zero-order valence-electron chi connectivity index (χ0n) is 45.9. The van der Waals surface area contributed by atoms with Crippen molar-refractivity contribution in [1.29, 1.82) is 0 Å².